The summed E-state index contributed by atoms with van der Waals surface area (Å²) in [7, 11) is 0. The van der Waals surface area contributed by atoms with Gasteiger partial charge in [0.1, 0.15) is 10.8 Å². The standard InChI is InChI=1S/C24H22ClN5OS2/c1-3-17-13-19(22(31)18-11-7-8-12-20(18)25)23(33-17)30-15(2)28-29-21(30)14-26-24(32)27-16-9-5-4-6-10-16/h4-13H,3,14H2,1-2H3,(H2,26,27,32). The maximum absolute atomic E-state index is 13.4. The van der Waals surface area contributed by atoms with E-state index in [4.69, 9.17) is 23.8 Å². The smallest absolute Gasteiger partial charge is 0.197 e. The van der Waals surface area contributed by atoms with Crippen molar-refractivity contribution < 1.29 is 4.79 Å². The molecule has 0 fully saturated rings. The maximum Gasteiger partial charge on any atom is 0.197 e. The van der Waals surface area contributed by atoms with E-state index >= 15 is 0 Å². The molecule has 4 rings (SSSR count). The number of anilines is 1. The van der Waals surface area contributed by atoms with Crippen LogP contribution in [0.3, 0.4) is 0 Å². The van der Waals surface area contributed by atoms with Gasteiger partial charge in [-0.15, -0.1) is 21.5 Å². The predicted molar refractivity (Wildman–Crippen MR) is 138 cm³/mol. The van der Waals surface area contributed by atoms with Gasteiger partial charge in [0, 0.05) is 16.1 Å². The number of halogens is 1. The van der Waals surface area contributed by atoms with Gasteiger partial charge in [0.15, 0.2) is 16.7 Å². The van der Waals surface area contributed by atoms with Crippen LogP contribution in [-0.2, 0) is 13.0 Å². The van der Waals surface area contributed by atoms with Gasteiger partial charge in [-0.3, -0.25) is 9.36 Å². The minimum Gasteiger partial charge on any atom is -0.355 e. The number of carbonyl (C=O) groups excluding carboxylic acids is 1. The van der Waals surface area contributed by atoms with Crippen molar-refractivity contribution >= 4 is 51.7 Å². The van der Waals surface area contributed by atoms with Gasteiger partial charge in [-0.2, -0.15) is 0 Å². The number of ketones is 1. The average molecular weight is 496 g/mol. The van der Waals surface area contributed by atoms with Gasteiger partial charge in [0.05, 0.1) is 17.1 Å². The van der Waals surface area contributed by atoms with E-state index in [1.807, 2.05) is 60.0 Å². The summed E-state index contributed by atoms with van der Waals surface area (Å²) >= 11 is 13.3. The fourth-order valence-electron chi connectivity index (χ4n) is 3.37. The molecule has 2 aromatic heterocycles. The van der Waals surface area contributed by atoms with Gasteiger partial charge in [-0.05, 0) is 55.9 Å². The quantitative estimate of drug-likeness (QED) is 0.258. The highest BCUT2D eigenvalue weighted by atomic mass is 35.5. The van der Waals surface area contributed by atoms with Crippen molar-refractivity contribution in [2.24, 2.45) is 0 Å². The lowest BCUT2D eigenvalue weighted by Crippen LogP contribution is -2.29. The third kappa shape index (κ3) is 5.13. The van der Waals surface area contributed by atoms with Gasteiger partial charge in [-0.1, -0.05) is 48.9 Å². The Labute approximate surface area is 206 Å². The van der Waals surface area contributed by atoms with E-state index in [1.165, 1.54) is 0 Å². The maximum atomic E-state index is 13.4. The number of rotatable bonds is 7. The molecular formula is C24H22ClN5OS2. The van der Waals surface area contributed by atoms with Crippen molar-refractivity contribution in [3.05, 3.63) is 93.3 Å². The van der Waals surface area contributed by atoms with Crippen LogP contribution < -0.4 is 10.6 Å². The number of thiophene rings is 1. The minimum atomic E-state index is -0.125. The fraction of sp³-hybridized carbons (Fsp3) is 0.167. The molecule has 0 aliphatic rings. The number of hydrogen-bond donors (Lipinski definition) is 2. The summed E-state index contributed by atoms with van der Waals surface area (Å²) in [5.41, 5.74) is 1.95. The van der Waals surface area contributed by atoms with Crippen LogP contribution in [-0.4, -0.2) is 25.7 Å². The Bertz CT molecular complexity index is 1300. The number of hydrogen-bond acceptors (Lipinski definition) is 5. The Balaban J connectivity index is 1.63. The summed E-state index contributed by atoms with van der Waals surface area (Å²) in [6.45, 7) is 4.28. The monoisotopic (exact) mass is 495 g/mol. The summed E-state index contributed by atoms with van der Waals surface area (Å²) in [6, 6.07) is 18.7. The zero-order valence-corrected chi connectivity index (χ0v) is 20.5. The summed E-state index contributed by atoms with van der Waals surface area (Å²) in [5, 5.41) is 16.6. The molecule has 0 bridgehead atoms. The number of carbonyl (C=O) groups is 1. The number of thiocarbonyl (C=S) groups is 1. The lowest BCUT2D eigenvalue weighted by Gasteiger charge is -2.12. The lowest BCUT2D eigenvalue weighted by atomic mass is 10.0. The topological polar surface area (TPSA) is 71.8 Å². The molecular weight excluding hydrogens is 474 g/mol. The van der Waals surface area contributed by atoms with Crippen molar-refractivity contribution in [3.63, 3.8) is 0 Å². The highest BCUT2D eigenvalue weighted by molar-refractivity contribution is 7.80. The van der Waals surface area contributed by atoms with Crippen LogP contribution in [0.5, 0.6) is 0 Å². The first-order valence-electron chi connectivity index (χ1n) is 10.4. The molecule has 9 heteroatoms. The van der Waals surface area contributed by atoms with E-state index in [9.17, 15) is 4.79 Å². The van der Waals surface area contributed by atoms with E-state index in [1.54, 1.807) is 23.5 Å². The largest absolute Gasteiger partial charge is 0.355 e. The van der Waals surface area contributed by atoms with Gasteiger partial charge in [0.25, 0.3) is 0 Å². The SMILES string of the molecule is CCc1cc(C(=O)c2ccccc2Cl)c(-n2c(C)nnc2CNC(=S)Nc2ccccc2)s1. The molecule has 2 N–H and O–H groups in total. The minimum absolute atomic E-state index is 0.125. The van der Waals surface area contributed by atoms with Crippen LogP contribution in [0.15, 0.2) is 60.7 Å². The fourth-order valence-corrected chi connectivity index (χ4v) is 4.94. The Hall–Kier alpha value is -3.07. The number of benzene rings is 2. The van der Waals surface area contributed by atoms with Crippen LogP contribution in [0.4, 0.5) is 5.69 Å². The zero-order chi connectivity index (χ0) is 23.4. The Morgan fingerprint density at radius 1 is 1.09 bits per heavy atom. The van der Waals surface area contributed by atoms with Crippen molar-refractivity contribution in [2.45, 2.75) is 26.8 Å². The molecule has 0 spiro atoms. The second kappa shape index (κ2) is 10.2. The zero-order valence-electron chi connectivity index (χ0n) is 18.1. The van der Waals surface area contributed by atoms with Crippen molar-refractivity contribution in [3.8, 4) is 5.00 Å². The average Bonchev–Trinajstić information content (AvgIpc) is 3.41. The van der Waals surface area contributed by atoms with Crippen LogP contribution >= 0.6 is 35.2 Å². The third-order valence-electron chi connectivity index (χ3n) is 5.01. The Morgan fingerprint density at radius 2 is 1.82 bits per heavy atom. The number of aromatic nitrogens is 3. The molecule has 0 radical (unpaired) electrons. The number of para-hydroxylation sites is 1. The summed E-state index contributed by atoms with van der Waals surface area (Å²) in [5.74, 6) is 1.22. The number of nitrogens with zero attached hydrogens (tertiary/aromatic N) is 3. The first-order chi connectivity index (χ1) is 16.0. The van der Waals surface area contributed by atoms with Crippen molar-refractivity contribution in [1.82, 2.24) is 20.1 Å². The van der Waals surface area contributed by atoms with Gasteiger partial charge in [0.2, 0.25) is 0 Å². The van der Waals surface area contributed by atoms with Crippen LogP contribution in [0.25, 0.3) is 5.00 Å². The summed E-state index contributed by atoms with van der Waals surface area (Å²) in [4.78, 5) is 14.5. The molecule has 168 valence electrons. The lowest BCUT2D eigenvalue weighted by molar-refractivity contribution is 0.103. The van der Waals surface area contributed by atoms with Crippen LogP contribution in [0, 0.1) is 6.92 Å². The summed E-state index contributed by atoms with van der Waals surface area (Å²) < 4.78 is 1.91. The normalized spacial score (nSPS) is 10.8. The van der Waals surface area contributed by atoms with Crippen LogP contribution in [0.2, 0.25) is 5.02 Å². The molecule has 0 aliphatic heterocycles. The first-order valence-corrected chi connectivity index (χ1v) is 12.0. The molecule has 0 saturated carbocycles. The molecule has 0 unspecified atom stereocenters. The molecule has 0 saturated heterocycles. The van der Waals surface area contributed by atoms with Gasteiger partial charge < -0.3 is 10.6 Å². The highest BCUT2D eigenvalue weighted by Crippen LogP contribution is 2.32. The highest BCUT2D eigenvalue weighted by Gasteiger charge is 2.23. The second-order valence-corrected chi connectivity index (χ2v) is 9.20. The molecule has 2 heterocycles. The van der Waals surface area contributed by atoms with Gasteiger partial charge in [-0.25, -0.2) is 0 Å². The molecule has 2 aromatic carbocycles. The van der Waals surface area contributed by atoms with E-state index < -0.39 is 0 Å². The first kappa shape index (κ1) is 23.1. The second-order valence-electron chi connectivity index (χ2n) is 7.27. The number of nitrogens with one attached hydrogen (secondary N) is 2. The van der Waals surface area contributed by atoms with E-state index in [2.05, 4.69) is 27.8 Å². The molecule has 6 nitrogen and oxygen atoms in total. The molecule has 0 amide bonds. The molecule has 4 aromatic rings. The summed E-state index contributed by atoms with van der Waals surface area (Å²) in [6.07, 6.45) is 0.813. The van der Waals surface area contributed by atoms with Crippen molar-refractivity contribution in [2.75, 3.05) is 5.32 Å². The molecule has 0 atom stereocenters. The molecule has 33 heavy (non-hydrogen) atoms. The number of aryl methyl sites for hydroxylation is 2. The third-order valence-corrected chi connectivity index (χ3v) is 6.85. The van der Waals surface area contributed by atoms with Gasteiger partial charge >= 0.3 is 0 Å². The Morgan fingerprint density at radius 3 is 2.55 bits per heavy atom. The molecule has 0 aliphatic carbocycles. The van der Waals surface area contributed by atoms with E-state index in [0.29, 0.717) is 39.5 Å². The van der Waals surface area contributed by atoms with Crippen molar-refractivity contribution in [1.29, 1.82) is 0 Å². The van der Waals surface area contributed by atoms with Crippen LogP contribution in [0.1, 0.15) is 39.4 Å². The van der Waals surface area contributed by atoms with E-state index in [-0.39, 0.29) is 5.78 Å². The van der Waals surface area contributed by atoms with E-state index in [0.717, 1.165) is 22.0 Å². The Kier molecular flexibility index (Phi) is 7.17. The predicted octanol–water partition coefficient (Wildman–Crippen LogP) is 5.57.